The fraction of sp³-hybridized carbons (Fsp3) is 0.500. The number of oxime groups is 1. The van der Waals surface area contributed by atoms with Gasteiger partial charge in [0.05, 0.1) is 12.5 Å². The molecule has 0 spiro atoms. The molecule has 8 heteroatoms. The number of carbonyl (C=O) groups excluding carboxylic acids is 2. The number of carbonyl (C=O) groups is 2. The van der Waals surface area contributed by atoms with Crippen molar-refractivity contribution in [2.45, 2.75) is 13.8 Å². The Labute approximate surface area is 97.1 Å². The summed E-state index contributed by atoms with van der Waals surface area (Å²) < 4.78 is 4.60. The van der Waals surface area contributed by atoms with Gasteiger partial charge >= 0.3 is 5.97 Å². The molecule has 0 atom stereocenters. The number of nitrogens with one attached hydrogen (secondary N) is 1. The minimum atomic E-state index is -0.866. The average molecular weight is 250 g/mol. The molecule has 0 aromatic rings. The van der Waals surface area contributed by atoms with E-state index in [4.69, 9.17) is 16.8 Å². The molecule has 0 saturated heterocycles. The largest absolute Gasteiger partial charge is 0.461 e. The Morgan fingerprint density at radius 2 is 2.12 bits per heavy atom. The quantitative estimate of drug-likeness (QED) is 0.237. The fourth-order valence-corrected chi connectivity index (χ4v) is 0.894. The highest BCUT2D eigenvalue weighted by Gasteiger charge is 2.20. The van der Waals surface area contributed by atoms with Crippen LogP contribution < -0.4 is 5.43 Å². The Bertz CT molecular complexity index is 327. The summed E-state index contributed by atoms with van der Waals surface area (Å²) in [7, 11) is 0. The standard InChI is InChI=1S/C8H12ClN3O4/c1-3-16-8(14)7(12-15)6(4-9)11-10-5(2)13/h15H,3-4H2,1-2H3,(H,10,13)/b11-6+,12-7-. The van der Waals surface area contributed by atoms with Gasteiger partial charge in [-0.2, -0.15) is 5.10 Å². The highest BCUT2D eigenvalue weighted by atomic mass is 35.5. The van der Waals surface area contributed by atoms with Gasteiger partial charge in [0.2, 0.25) is 11.6 Å². The molecule has 0 bridgehead atoms. The molecule has 0 radical (unpaired) electrons. The van der Waals surface area contributed by atoms with E-state index in [1.807, 2.05) is 0 Å². The van der Waals surface area contributed by atoms with Crippen LogP contribution in [0.2, 0.25) is 0 Å². The summed E-state index contributed by atoms with van der Waals surface area (Å²) >= 11 is 5.49. The molecule has 7 nitrogen and oxygen atoms in total. The molecule has 1 amide bonds. The Morgan fingerprint density at radius 1 is 1.50 bits per heavy atom. The van der Waals surface area contributed by atoms with E-state index in [0.29, 0.717) is 0 Å². The average Bonchev–Trinajstić information content (AvgIpc) is 2.24. The van der Waals surface area contributed by atoms with Crippen molar-refractivity contribution in [3.05, 3.63) is 0 Å². The van der Waals surface area contributed by atoms with Crippen LogP contribution in [0.15, 0.2) is 10.3 Å². The molecule has 0 saturated carbocycles. The van der Waals surface area contributed by atoms with Crippen LogP contribution in [0, 0.1) is 0 Å². The third-order valence-corrected chi connectivity index (χ3v) is 1.57. The molecule has 2 N–H and O–H groups in total. The molecular weight excluding hydrogens is 238 g/mol. The lowest BCUT2D eigenvalue weighted by Gasteiger charge is -2.04. The van der Waals surface area contributed by atoms with E-state index in [1.54, 1.807) is 6.92 Å². The van der Waals surface area contributed by atoms with E-state index in [-0.39, 0.29) is 18.2 Å². The van der Waals surface area contributed by atoms with Crippen molar-refractivity contribution in [1.29, 1.82) is 0 Å². The van der Waals surface area contributed by atoms with Gasteiger partial charge < -0.3 is 9.94 Å². The van der Waals surface area contributed by atoms with Gasteiger partial charge in [-0.15, -0.1) is 11.6 Å². The lowest BCUT2D eigenvalue weighted by atomic mass is 10.2. The van der Waals surface area contributed by atoms with Crippen LogP contribution in [0.5, 0.6) is 0 Å². The van der Waals surface area contributed by atoms with Crippen molar-refractivity contribution < 1.29 is 19.5 Å². The van der Waals surface area contributed by atoms with Gasteiger partial charge in [-0.1, -0.05) is 5.16 Å². The number of esters is 1. The number of hydrazone groups is 1. The maximum Gasteiger partial charge on any atom is 0.362 e. The molecule has 90 valence electrons. The van der Waals surface area contributed by atoms with Gasteiger partial charge in [0.15, 0.2) is 0 Å². The molecular formula is C8H12ClN3O4. The smallest absolute Gasteiger partial charge is 0.362 e. The molecule has 0 rings (SSSR count). The van der Waals surface area contributed by atoms with Gasteiger partial charge in [0.1, 0.15) is 5.71 Å². The predicted octanol–water partition coefficient (Wildman–Crippen LogP) is 0.111. The lowest BCUT2D eigenvalue weighted by Crippen LogP contribution is -2.30. The molecule has 0 aromatic heterocycles. The van der Waals surface area contributed by atoms with E-state index < -0.39 is 17.6 Å². The van der Waals surface area contributed by atoms with Gasteiger partial charge in [0, 0.05) is 6.92 Å². The van der Waals surface area contributed by atoms with Crippen molar-refractivity contribution >= 4 is 34.9 Å². The van der Waals surface area contributed by atoms with Crippen LogP contribution in [0.1, 0.15) is 13.8 Å². The first kappa shape index (κ1) is 14.4. The molecule has 0 aliphatic carbocycles. The zero-order valence-electron chi connectivity index (χ0n) is 8.86. The summed E-state index contributed by atoms with van der Waals surface area (Å²) in [5.41, 5.74) is 1.55. The minimum absolute atomic E-state index is 0.0854. The number of halogens is 1. The van der Waals surface area contributed by atoms with Gasteiger partial charge in [-0.25, -0.2) is 10.2 Å². The second-order valence-corrected chi connectivity index (χ2v) is 2.80. The minimum Gasteiger partial charge on any atom is -0.461 e. The number of nitrogens with zero attached hydrogens (tertiary/aromatic N) is 2. The topological polar surface area (TPSA) is 100 Å². The van der Waals surface area contributed by atoms with Gasteiger partial charge in [-0.3, -0.25) is 4.79 Å². The van der Waals surface area contributed by atoms with Crippen LogP contribution in [0.3, 0.4) is 0 Å². The summed E-state index contributed by atoms with van der Waals surface area (Å²) in [5, 5.41) is 14.9. The Balaban J connectivity index is 4.84. The second-order valence-electron chi connectivity index (χ2n) is 2.53. The first-order chi connectivity index (χ1) is 7.56. The Morgan fingerprint density at radius 3 is 2.50 bits per heavy atom. The van der Waals surface area contributed by atoms with Crippen LogP contribution in [0.25, 0.3) is 0 Å². The van der Waals surface area contributed by atoms with Crippen molar-refractivity contribution in [2.75, 3.05) is 12.5 Å². The summed E-state index contributed by atoms with van der Waals surface area (Å²) in [4.78, 5) is 21.8. The van der Waals surface area contributed by atoms with Gasteiger partial charge in [-0.05, 0) is 6.92 Å². The van der Waals surface area contributed by atoms with E-state index in [2.05, 4.69) is 20.4 Å². The zero-order valence-corrected chi connectivity index (χ0v) is 9.61. The monoisotopic (exact) mass is 249 g/mol. The SMILES string of the molecule is CCOC(=O)C(=N\O)/C(CCl)=N/NC(C)=O. The van der Waals surface area contributed by atoms with Crippen molar-refractivity contribution in [1.82, 2.24) is 5.43 Å². The zero-order chi connectivity index (χ0) is 12.6. The van der Waals surface area contributed by atoms with E-state index >= 15 is 0 Å². The third kappa shape index (κ3) is 4.74. The Kier molecular flexibility index (Phi) is 6.86. The molecule has 0 aliphatic rings. The molecule has 16 heavy (non-hydrogen) atoms. The summed E-state index contributed by atoms with van der Waals surface area (Å²) in [5.74, 6) is -1.52. The highest BCUT2D eigenvalue weighted by Crippen LogP contribution is 1.93. The molecule has 0 aromatic carbocycles. The number of hydrogen-bond acceptors (Lipinski definition) is 6. The van der Waals surface area contributed by atoms with Crippen molar-refractivity contribution in [3.63, 3.8) is 0 Å². The third-order valence-electron chi connectivity index (χ3n) is 1.32. The highest BCUT2D eigenvalue weighted by molar-refractivity contribution is 6.69. The molecule has 0 heterocycles. The molecule has 0 unspecified atom stereocenters. The maximum atomic E-state index is 11.3. The summed E-state index contributed by atoms with van der Waals surface area (Å²) in [6.07, 6.45) is 0. The van der Waals surface area contributed by atoms with Crippen LogP contribution in [0.4, 0.5) is 0 Å². The van der Waals surface area contributed by atoms with Gasteiger partial charge in [0.25, 0.3) is 0 Å². The summed E-state index contributed by atoms with van der Waals surface area (Å²) in [6.45, 7) is 2.95. The first-order valence-corrected chi connectivity index (χ1v) is 4.88. The van der Waals surface area contributed by atoms with Crippen molar-refractivity contribution in [3.8, 4) is 0 Å². The summed E-state index contributed by atoms with van der Waals surface area (Å²) in [6, 6.07) is 0. The number of hydrogen-bond donors (Lipinski definition) is 2. The maximum absolute atomic E-state index is 11.3. The van der Waals surface area contributed by atoms with Crippen LogP contribution >= 0.6 is 11.6 Å². The predicted molar refractivity (Wildman–Crippen MR) is 57.8 cm³/mol. The first-order valence-electron chi connectivity index (χ1n) is 4.35. The Hall–Kier alpha value is -1.63. The normalized spacial score (nSPS) is 12.2. The fourth-order valence-electron chi connectivity index (χ4n) is 0.708. The number of amides is 1. The second kappa shape index (κ2) is 7.63. The van der Waals surface area contributed by atoms with Crippen LogP contribution in [-0.4, -0.2) is 41.0 Å². The van der Waals surface area contributed by atoms with Crippen molar-refractivity contribution in [2.24, 2.45) is 10.3 Å². The lowest BCUT2D eigenvalue weighted by molar-refractivity contribution is -0.135. The number of ether oxygens (including phenoxy) is 1. The van der Waals surface area contributed by atoms with Crippen LogP contribution in [-0.2, 0) is 14.3 Å². The molecule has 0 fully saturated rings. The van der Waals surface area contributed by atoms with E-state index in [1.165, 1.54) is 6.92 Å². The molecule has 0 aliphatic heterocycles. The van der Waals surface area contributed by atoms with E-state index in [9.17, 15) is 9.59 Å². The number of alkyl halides is 1. The number of rotatable bonds is 5. The van der Waals surface area contributed by atoms with E-state index in [0.717, 1.165) is 0 Å².